The lowest BCUT2D eigenvalue weighted by Gasteiger charge is -2.29. The Labute approximate surface area is 212 Å². The van der Waals surface area contributed by atoms with E-state index in [1.807, 2.05) is 37.3 Å². The van der Waals surface area contributed by atoms with E-state index >= 15 is 0 Å². The fourth-order valence-electron chi connectivity index (χ4n) is 3.75. The van der Waals surface area contributed by atoms with Gasteiger partial charge in [0.15, 0.2) is 11.6 Å². The molecule has 0 aromatic heterocycles. The van der Waals surface area contributed by atoms with Crippen molar-refractivity contribution >= 4 is 27.5 Å². The van der Waals surface area contributed by atoms with Crippen LogP contribution in [-0.2, 0) is 26.0 Å². The zero-order valence-electron chi connectivity index (χ0n) is 21.0. The molecule has 0 spiro atoms. The maximum Gasteiger partial charge on any atom is 0.242 e. The number of benzene rings is 2. The van der Waals surface area contributed by atoms with Crippen molar-refractivity contribution in [2.75, 3.05) is 30.2 Å². The molecule has 0 aliphatic heterocycles. The van der Waals surface area contributed by atoms with E-state index in [4.69, 9.17) is 0 Å². The van der Waals surface area contributed by atoms with Gasteiger partial charge < -0.3 is 10.2 Å². The van der Waals surface area contributed by atoms with Gasteiger partial charge in [-0.3, -0.25) is 13.9 Å². The van der Waals surface area contributed by atoms with Gasteiger partial charge in [0.25, 0.3) is 0 Å². The number of halogens is 2. The zero-order chi connectivity index (χ0) is 26.7. The molecule has 0 radical (unpaired) electrons. The number of hydrogen-bond donors (Lipinski definition) is 1. The van der Waals surface area contributed by atoms with Gasteiger partial charge in [0.1, 0.15) is 6.04 Å². The van der Waals surface area contributed by atoms with Gasteiger partial charge in [-0.25, -0.2) is 17.2 Å². The van der Waals surface area contributed by atoms with E-state index in [-0.39, 0.29) is 36.9 Å². The highest BCUT2D eigenvalue weighted by molar-refractivity contribution is 7.92. The summed E-state index contributed by atoms with van der Waals surface area (Å²) >= 11 is 0. The summed E-state index contributed by atoms with van der Waals surface area (Å²) in [5.41, 5.74) is 1.00. The van der Waals surface area contributed by atoms with E-state index in [0.717, 1.165) is 41.1 Å². The number of carbonyl (C=O) groups is 2. The molecule has 1 N–H and O–H groups in total. The average Bonchev–Trinajstić information content (AvgIpc) is 2.83. The van der Waals surface area contributed by atoms with Crippen LogP contribution in [0.2, 0.25) is 0 Å². The number of nitrogens with zero attached hydrogens (tertiary/aromatic N) is 2. The van der Waals surface area contributed by atoms with Crippen LogP contribution in [0.3, 0.4) is 0 Å². The molecule has 2 amide bonds. The van der Waals surface area contributed by atoms with Gasteiger partial charge in [-0.05, 0) is 43.9 Å². The molecule has 0 saturated heterocycles. The second kappa shape index (κ2) is 13.9. The van der Waals surface area contributed by atoms with Crippen molar-refractivity contribution in [3.63, 3.8) is 0 Å². The summed E-state index contributed by atoms with van der Waals surface area (Å²) in [4.78, 5) is 27.4. The van der Waals surface area contributed by atoms with E-state index in [0.29, 0.717) is 19.5 Å². The number of carbonyl (C=O) groups excluding carboxylic acids is 2. The molecular weight excluding hydrogens is 488 g/mol. The lowest BCUT2D eigenvalue weighted by molar-refractivity contribution is -0.139. The second-order valence-electron chi connectivity index (χ2n) is 8.68. The SMILES string of the molecule is CCCCNC(=O)[C@@H](C)N(CCc1ccccc1)C(=O)CCCN(c1ccc(F)c(F)c1)S(C)(=O)=O. The molecule has 7 nitrogen and oxygen atoms in total. The lowest BCUT2D eigenvalue weighted by atomic mass is 10.1. The minimum absolute atomic E-state index is 0.0168. The van der Waals surface area contributed by atoms with Gasteiger partial charge >= 0.3 is 0 Å². The second-order valence-corrected chi connectivity index (χ2v) is 10.6. The van der Waals surface area contributed by atoms with Crippen LogP contribution < -0.4 is 9.62 Å². The van der Waals surface area contributed by atoms with Crippen LogP contribution in [0.25, 0.3) is 0 Å². The topological polar surface area (TPSA) is 86.8 Å². The average molecular weight is 524 g/mol. The highest BCUT2D eigenvalue weighted by atomic mass is 32.2. The van der Waals surface area contributed by atoms with Crippen molar-refractivity contribution in [3.05, 3.63) is 65.7 Å². The van der Waals surface area contributed by atoms with Crippen molar-refractivity contribution in [2.45, 2.75) is 52.0 Å². The first-order valence-corrected chi connectivity index (χ1v) is 13.9. The standard InChI is InChI=1S/C26H35F2N3O4S/c1-4-5-16-29-26(33)20(2)30(18-15-21-10-7-6-8-11-21)25(32)12-9-17-31(36(3,34)35)22-13-14-23(27)24(28)19-22/h6-8,10-11,13-14,19-20H,4-5,9,12,15-18H2,1-3H3,(H,29,33)/t20-/m1/s1. The smallest absolute Gasteiger partial charge is 0.242 e. The van der Waals surface area contributed by atoms with Gasteiger partial charge in [0.05, 0.1) is 11.9 Å². The third-order valence-corrected chi connectivity index (χ3v) is 7.02. The predicted octanol–water partition coefficient (Wildman–Crippen LogP) is 3.89. The Morgan fingerprint density at radius 1 is 1.00 bits per heavy atom. The van der Waals surface area contributed by atoms with Gasteiger partial charge in [-0.1, -0.05) is 43.7 Å². The van der Waals surface area contributed by atoms with E-state index < -0.39 is 27.7 Å². The fraction of sp³-hybridized carbons (Fsp3) is 0.462. The molecule has 0 fully saturated rings. The third-order valence-electron chi connectivity index (χ3n) is 5.82. The van der Waals surface area contributed by atoms with Gasteiger partial charge in [-0.2, -0.15) is 0 Å². The van der Waals surface area contributed by atoms with Crippen LogP contribution in [0.15, 0.2) is 48.5 Å². The number of unbranched alkanes of at least 4 members (excludes halogenated alkanes) is 1. The molecule has 1 atom stereocenters. The summed E-state index contributed by atoms with van der Waals surface area (Å²) in [5, 5.41) is 2.86. The molecule has 2 aromatic carbocycles. The van der Waals surface area contributed by atoms with Gasteiger partial charge in [-0.15, -0.1) is 0 Å². The Morgan fingerprint density at radius 2 is 1.69 bits per heavy atom. The summed E-state index contributed by atoms with van der Waals surface area (Å²) in [6.07, 6.45) is 3.41. The molecular formula is C26H35F2N3O4S. The van der Waals surface area contributed by atoms with E-state index in [1.165, 1.54) is 11.0 Å². The summed E-state index contributed by atoms with van der Waals surface area (Å²) in [6.45, 7) is 4.45. The molecule has 198 valence electrons. The normalized spacial score (nSPS) is 12.1. The van der Waals surface area contributed by atoms with E-state index in [9.17, 15) is 26.8 Å². The Hall–Kier alpha value is -3.01. The van der Waals surface area contributed by atoms with Crippen LogP contribution in [0.4, 0.5) is 14.5 Å². The molecule has 0 unspecified atom stereocenters. The molecule has 2 rings (SSSR count). The van der Waals surface area contributed by atoms with Crippen LogP contribution in [0.1, 0.15) is 45.1 Å². The molecule has 36 heavy (non-hydrogen) atoms. The summed E-state index contributed by atoms with van der Waals surface area (Å²) < 4.78 is 52.5. The summed E-state index contributed by atoms with van der Waals surface area (Å²) in [6, 6.07) is 11.7. The van der Waals surface area contributed by atoms with Crippen LogP contribution in [-0.4, -0.2) is 57.1 Å². The fourth-order valence-corrected chi connectivity index (χ4v) is 4.71. The number of nitrogens with one attached hydrogen (secondary N) is 1. The Balaban J connectivity index is 2.10. The number of sulfonamides is 1. The quantitative estimate of drug-likeness (QED) is 0.381. The number of hydrogen-bond acceptors (Lipinski definition) is 4. The molecule has 2 aromatic rings. The van der Waals surface area contributed by atoms with Crippen molar-refractivity contribution in [3.8, 4) is 0 Å². The van der Waals surface area contributed by atoms with Crippen LogP contribution >= 0.6 is 0 Å². The summed E-state index contributed by atoms with van der Waals surface area (Å²) in [7, 11) is -3.80. The van der Waals surface area contributed by atoms with Gasteiger partial charge in [0, 0.05) is 32.1 Å². The predicted molar refractivity (Wildman–Crippen MR) is 137 cm³/mol. The first-order chi connectivity index (χ1) is 17.0. The van der Waals surface area contributed by atoms with Crippen molar-refractivity contribution in [1.82, 2.24) is 10.2 Å². The first-order valence-electron chi connectivity index (χ1n) is 12.1. The summed E-state index contributed by atoms with van der Waals surface area (Å²) in [5.74, 6) is -2.78. The molecule has 0 saturated carbocycles. The highest BCUT2D eigenvalue weighted by Gasteiger charge is 2.26. The van der Waals surface area contributed by atoms with E-state index in [2.05, 4.69) is 5.32 Å². The Morgan fingerprint density at radius 3 is 2.31 bits per heavy atom. The van der Waals surface area contributed by atoms with Gasteiger partial charge in [0.2, 0.25) is 21.8 Å². The van der Waals surface area contributed by atoms with Crippen LogP contribution in [0, 0.1) is 11.6 Å². The Kier molecular flexibility index (Phi) is 11.3. The first kappa shape index (κ1) is 29.2. The van der Waals surface area contributed by atoms with Crippen molar-refractivity contribution in [2.24, 2.45) is 0 Å². The molecule has 0 bridgehead atoms. The molecule has 0 heterocycles. The minimum Gasteiger partial charge on any atom is -0.354 e. The lowest BCUT2D eigenvalue weighted by Crippen LogP contribution is -2.49. The molecule has 0 aliphatic rings. The third kappa shape index (κ3) is 8.89. The molecule has 0 aliphatic carbocycles. The number of amides is 2. The maximum absolute atomic E-state index is 13.7. The molecule has 10 heteroatoms. The Bertz CT molecular complexity index is 1110. The maximum atomic E-state index is 13.7. The van der Waals surface area contributed by atoms with E-state index in [1.54, 1.807) is 6.92 Å². The minimum atomic E-state index is -3.80. The highest BCUT2D eigenvalue weighted by Crippen LogP contribution is 2.21. The van der Waals surface area contributed by atoms with Crippen LogP contribution in [0.5, 0.6) is 0 Å². The number of anilines is 1. The largest absolute Gasteiger partial charge is 0.354 e. The van der Waals surface area contributed by atoms with Crippen molar-refractivity contribution < 1.29 is 26.8 Å². The number of rotatable bonds is 14. The monoisotopic (exact) mass is 523 g/mol. The zero-order valence-corrected chi connectivity index (χ0v) is 21.9. The van der Waals surface area contributed by atoms with Crippen molar-refractivity contribution in [1.29, 1.82) is 0 Å².